The molecule has 21 heavy (non-hydrogen) atoms. The second-order valence-corrected chi connectivity index (χ2v) is 6.19. The van der Waals surface area contributed by atoms with Crippen LogP contribution in [0.1, 0.15) is 53.9 Å². The van der Waals surface area contributed by atoms with E-state index in [1.807, 2.05) is 25.3 Å². The van der Waals surface area contributed by atoms with E-state index in [4.69, 9.17) is 0 Å². The van der Waals surface area contributed by atoms with Gasteiger partial charge in [-0.25, -0.2) is 9.97 Å². The molecule has 0 aliphatic heterocycles. The van der Waals surface area contributed by atoms with E-state index in [1.165, 1.54) is 30.5 Å². The van der Waals surface area contributed by atoms with Crippen molar-refractivity contribution in [2.45, 2.75) is 44.4 Å². The van der Waals surface area contributed by atoms with Crippen molar-refractivity contribution < 1.29 is 0 Å². The van der Waals surface area contributed by atoms with Gasteiger partial charge in [0.25, 0.3) is 0 Å². The molecule has 2 aromatic heterocycles. The quantitative estimate of drug-likeness (QED) is 0.934. The number of hydrogen-bond acceptors (Lipinski definition) is 4. The average molecular weight is 280 g/mol. The third-order valence-electron chi connectivity index (χ3n) is 4.42. The molecule has 0 spiro atoms. The van der Waals surface area contributed by atoms with E-state index < -0.39 is 0 Å². The summed E-state index contributed by atoms with van der Waals surface area (Å²) >= 11 is 0. The monoisotopic (exact) mass is 280 g/mol. The van der Waals surface area contributed by atoms with Gasteiger partial charge in [-0.05, 0) is 44.2 Å². The maximum Gasteiger partial charge on any atom is 0.134 e. The molecule has 2 aliphatic carbocycles. The molecule has 4 heteroatoms. The van der Waals surface area contributed by atoms with Gasteiger partial charge in [0.2, 0.25) is 0 Å². The minimum Gasteiger partial charge on any atom is -0.369 e. The zero-order chi connectivity index (χ0) is 14.2. The van der Waals surface area contributed by atoms with Crippen LogP contribution in [-0.2, 0) is 6.42 Å². The van der Waals surface area contributed by atoms with Crippen molar-refractivity contribution in [3.05, 3.63) is 47.2 Å². The fourth-order valence-corrected chi connectivity index (χ4v) is 3.13. The molecule has 0 amide bonds. The molecule has 108 valence electrons. The van der Waals surface area contributed by atoms with Gasteiger partial charge in [-0.2, -0.15) is 0 Å². The highest BCUT2D eigenvalue weighted by Crippen LogP contribution is 2.38. The molecule has 0 aromatic carbocycles. The molecular formula is C17H20N4. The number of pyridine rings is 1. The van der Waals surface area contributed by atoms with E-state index in [2.05, 4.69) is 26.3 Å². The summed E-state index contributed by atoms with van der Waals surface area (Å²) in [7, 11) is 0. The topological polar surface area (TPSA) is 50.7 Å². The summed E-state index contributed by atoms with van der Waals surface area (Å²) < 4.78 is 0. The summed E-state index contributed by atoms with van der Waals surface area (Å²) in [5, 5.41) is 3.50. The molecule has 0 bridgehead atoms. The van der Waals surface area contributed by atoms with Crippen molar-refractivity contribution in [3.63, 3.8) is 0 Å². The Labute approximate surface area is 125 Å². The molecule has 1 N–H and O–H groups in total. The molecule has 2 aliphatic rings. The summed E-state index contributed by atoms with van der Waals surface area (Å²) in [6, 6.07) is 6.27. The molecule has 1 unspecified atom stereocenters. The predicted molar refractivity (Wildman–Crippen MR) is 82.5 cm³/mol. The van der Waals surface area contributed by atoms with E-state index in [0.717, 1.165) is 30.3 Å². The summed E-state index contributed by atoms with van der Waals surface area (Å²) in [6.45, 7) is 2.95. The van der Waals surface area contributed by atoms with Crippen molar-refractivity contribution >= 4 is 5.82 Å². The first-order chi connectivity index (χ1) is 10.3. The van der Waals surface area contributed by atoms with Crippen molar-refractivity contribution in [2.75, 3.05) is 11.9 Å². The number of anilines is 1. The molecule has 4 nitrogen and oxygen atoms in total. The van der Waals surface area contributed by atoms with Gasteiger partial charge in [0, 0.05) is 42.0 Å². The van der Waals surface area contributed by atoms with Gasteiger partial charge >= 0.3 is 0 Å². The predicted octanol–water partition coefficient (Wildman–Crippen LogP) is 3.20. The summed E-state index contributed by atoms with van der Waals surface area (Å²) in [5.41, 5.74) is 3.72. The molecule has 1 atom stereocenters. The first-order valence-corrected chi connectivity index (χ1v) is 7.83. The molecule has 2 heterocycles. The number of rotatable bonds is 4. The number of fused-ring (bicyclic) bond motifs is 1. The number of nitrogens with one attached hydrogen (secondary N) is 1. The molecule has 1 fully saturated rings. The van der Waals surface area contributed by atoms with Crippen molar-refractivity contribution in [2.24, 2.45) is 0 Å². The van der Waals surface area contributed by atoms with Crippen LogP contribution in [-0.4, -0.2) is 21.5 Å². The third-order valence-corrected chi connectivity index (χ3v) is 4.42. The number of hydrogen-bond donors (Lipinski definition) is 1. The highest BCUT2D eigenvalue weighted by molar-refractivity contribution is 5.38. The lowest BCUT2D eigenvalue weighted by molar-refractivity contribution is 0.691. The van der Waals surface area contributed by atoms with Crippen LogP contribution in [0.3, 0.4) is 0 Å². The van der Waals surface area contributed by atoms with Crippen LogP contribution in [0.4, 0.5) is 5.82 Å². The van der Waals surface area contributed by atoms with Crippen LogP contribution in [0.15, 0.2) is 24.4 Å². The fraction of sp³-hybridized carbons (Fsp3) is 0.471. The summed E-state index contributed by atoms with van der Waals surface area (Å²) in [6.07, 6.45) is 6.70. The van der Waals surface area contributed by atoms with Crippen molar-refractivity contribution in [1.82, 2.24) is 15.0 Å². The lowest BCUT2D eigenvalue weighted by atomic mass is 10.1. The summed E-state index contributed by atoms with van der Waals surface area (Å²) in [4.78, 5) is 13.8. The minimum atomic E-state index is 0.501. The zero-order valence-corrected chi connectivity index (χ0v) is 12.3. The van der Waals surface area contributed by atoms with Gasteiger partial charge in [-0.1, -0.05) is 6.07 Å². The SMILES string of the molecule is Cc1cc(NCC2CCc3cccnc32)nc(C2CC2)n1. The van der Waals surface area contributed by atoms with E-state index in [9.17, 15) is 0 Å². The number of nitrogens with zero attached hydrogens (tertiary/aromatic N) is 3. The normalized spacial score (nSPS) is 20.3. The molecular weight excluding hydrogens is 260 g/mol. The van der Waals surface area contributed by atoms with Gasteiger partial charge in [-0.15, -0.1) is 0 Å². The van der Waals surface area contributed by atoms with Crippen LogP contribution >= 0.6 is 0 Å². The maximum atomic E-state index is 4.67. The highest BCUT2D eigenvalue weighted by atomic mass is 15.0. The van der Waals surface area contributed by atoms with Gasteiger partial charge < -0.3 is 5.32 Å². The van der Waals surface area contributed by atoms with Gasteiger partial charge in [0.15, 0.2) is 0 Å². The third kappa shape index (κ3) is 2.62. The molecule has 0 saturated heterocycles. The highest BCUT2D eigenvalue weighted by Gasteiger charge is 2.27. The molecule has 0 radical (unpaired) electrons. The Bertz CT molecular complexity index is 664. The lowest BCUT2D eigenvalue weighted by Gasteiger charge is -2.13. The number of aryl methyl sites for hydroxylation is 2. The second kappa shape index (κ2) is 5.10. The van der Waals surface area contributed by atoms with Crippen molar-refractivity contribution in [3.8, 4) is 0 Å². The minimum absolute atomic E-state index is 0.501. The Morgan fingerprint density at radius 1 is 1.24 bits per heavy atom. The van der Waals surface area contributed by atoms with Gasteiger partial charge in [0.05, 0.1) is 0 Å². The van der Waals surface area contributed by atoms with E-state index in [0.29, 0.717) is 11.8 Å². The van der Waals surface area contributed by atoms with Gasteiger partial charge in [0.1, 0.15) is 11.6 Å². The van der Waals surface area contributed by atoms with Crippen LogP contribution in [0.25, 0.3) is 0 Å². The standard InChI is InChI=1S/C17H20N4/c1-11-9-15(21-17(20-11)13-5-6-13)19-10-14-7-4-12-3-2-8-18-16(12)14/h2-3,8-9,13-14H,4-7,10H2,1H3,(H,19,20,21). The van der Waals surface area contributed by atoms with Crippen molar-refractivity contribution in [1.29, 1.82) is 0 Å². The van der Waals surface area contributed by atoms with Crippen LogP contribution in [0.2, 0.25) is 0 Å². The first-order valence-electron chi connectivity index (χ1n) is 7.83. The second-order valence-electron chi connectivity index (χ2n) is 6.19. The fourth-order valence-electron chi connectivity index (χ4n) is 3.13. The largest absolute Gasteiger partial charge is 0.369 e. The Morgan fingerprint density at radius 2 is 2.14 bits per heavy atom. The Morgan fingerprint density at radius 3 is 3.00 bits per heavy atom. The molecule has 1 saturated carbocycles. The Balaban J connectivity index is 1.48. The van der Waals surface area contributed by atoms with E-state index >= 15 is 0 Å². The molecule has 4 rings (SSSR count). The summed E-state index contributed by atoms with van der Waals surface area (Å²) in [5.74, 6) is 3.08. The first kappa shape index (κ1) is 12.7. The average Bonchev–Trinajstić information content (AvgIpc) is 3.26. The van der Waals surface area contributed by atoms with Crippen LogP contribution < -0.4 is 5.32 Å². The Kier molecular flexibility index (Phi) is 3.09. The van der Waals surface area contributed by atoms with E-state index in [1.54, 1.807) is 0 Å². The lowest BCUT2D eigenvalue weighted by Crippen LogP contribution is -2.13. The maximum absolute atomic E-state index is 4.67. The van der Waals surface area contributed by atoms with E-state index in [-0.39, 0.29) is 0 Å². The van der Waals surface area contributed by atoms with Gasteiger partial charge in [-0.3, -0.25) is 4.98 Å². The smallest absolute Gasteiger partial charge is 0.134 e. The van der Waals surface area contributed by atoms with Crippen LogP contribution in [0.5, 0.6) is 0 Å². The Hall–Kier alpha value is -1.97. The molecule has 2 aromatic rings. The number of aromatic nitrogens is 3. The van der Waals surface area contributed by atoms with Crippen LogP contribution in [0, 0.1) is 6.92 Å². The zero-order valence-electron chi connectivity index (χ0n) is 12.3.